The van der Waals surface area contributed by atoms with E-state index in [9.17, 15) is 9.59 Å². The smallest absolute Gasteiger partial charge is 0.407 e. The lowest BCUT2D eigenvalue weighted by Gasteiger charge is -2.14. The van der Waals surface area contributed by atoms with Crippen LogP contribution < -0.4 is 5.32 Å². The average molecular weight is 372 g/mol. The zero-order chi connectivity index (χ0) is 19.6. The predicted octanol–water partition coefficient (Wildman–Crippen LogP) is 5.61. The molecule has 0 aromatic rings. The van der Waals surface area contributed by atoms with E-state index in [1.54, 1.807) is 6.92 Å². The van der Waals surface area contributed by atoms with Crippen molar-refractivity contribution >= 4 is 12.1 Å². The molecule has 5 heteroatoms. The minimum absolute atomic E-state index is 0.268. The number of carbonyl (C=O) groups is 2. The summed E-state index contributed by atoms with van der Waals surface area (Å²) < 4.78 is 10.2. The molecule has 0 saturated heterocycles. The molecule has 0 saturated carbocycles. The van der Waals surface area contributed by atoms with Crippen LogP contribution >= 0.6 is 0 Å². The van der Waals surface area contributed by atoms with E-state index in [0.29, 0.717) is 13.2 Å². The summed E-state index contributed by atoms with van der Waals surface area (Å²) in [4.78, 5) is 23.3. The molecule has 0 heterocycles. The van der Waals surface area contributed by atoms with Gasteiger partial charge in [0.1, 0.15) is 6.04 Å². The van der Waals surface area contributed by atoms with Crippen LogP contribution in [-0.2, 0) is 14.3 Å². The van der Waals surface area contributed by atoms with Crippen LogP contribution in [-0.4, -0.2) is 31.3 Å². The molecule has 1 amide bonds. The number of carbonyl (C=O) groups excluding carboxylic acids is 2. The van der Waals surface area contributed by atoms with Gasteiger partial charge < -0.3 is 14.8 Å². The summed E-state index contributed by atoms with van der Waals surface area (Å²) in [5, 5.41) is 2.49. The SMILES string of the molecule is CCCCCCCCCCCCCOC(=O)[C@H](C)NC(=O)OCC(C)C. The fourth-order valence-corrected chi connectivity index (χ4v) is 2.58. The Balaban J connectivity index is 3.46. The molecule has 5 nitrogen and oxygen atoms in total. The Morgan fingerprint density at radius 3 is 1.77 bits per heavy atom. The molecule has 0 aliphatic heterocycles. The molecule has 0 bridgehead atoms. The molecular weight excluding hydrogens is 330 g/mol. The first kappa shape index (κ1) is 24.7. The van der Waals surface area contributed by atoms with Crippen molar-refractivity contribution < 1.29 is 19.1 Å². The summed E-state index contributed by atoms with van der Waals surface area (Å²) in [5.41, 5.74) is 0. The number of nitrogens with one attached hydrogen (secondary N) is 1. The largest absolute Gasteiger partial charge is 0.464 e. The third-order valence-corrected chi connectivity index (χ3v) is 4.23. The Morgan fingerprint density at radius 1 is 0.769 bits per heavy atom. The zero-order valence-electron chi connectivity index (χ0n) is 17.5. The molecular formula is C21H41NO4. The van der Waals surface area contributed by atoms with Crippen molar-refractivity contribution in [3.8, 4) is 0 Å². The lowest BCUT2D eigenvalue weighted by molar-refractivity contribution is -0.145. The summed E-state index contributed by atoms with van der Waals surface area (Å²) >= 11 is 0. The van der Waals surface area contributed by atoms with E-state index in [1.807, 2.05) is 13.8 Å². The number of rotatable bonds is 16. The Hall–Kier alpha value is -1.26. The summed E-state index contributed by atoms with van der Waals surface area (Å²) in [5.74, 6) is -0.136. The lowest BCUT2D eigenvalue weighted by atomic mass is 10.1. The average Bonchev–Trinajstić information content (AvgIpc) is 2.60. The Morgan fingerprint density at radius 2 is 1.27 bits per heavy atom. The number of esters is 1. The molecule has 0 aliphatic rings. The normalized spacial score (nSPS) is 12.0. The maximum absolute atomic E-state index is 11.8. The summed E-state index contributed by atoms with van der Waals surface area (Å²) in [6.45, 7) is 8.53. The summed E-state index contributed by atoms with van der Waals surface area (Å²) in [6, 6.07) is -0.678. The van der Waals surface area contributed by atoms with Crippen LogP contribution in [0.25, 0.3) is 0 Å². The van der Waals surface area contributed by atoms with E-state index < -0.39 is 18.1 Å². The monoisotopic (exact) mass is 371 g/mol. The molecule has 1 atom stereocenters. The molecule has 26 heavy (non-hydrogen) atoms. The molecule has 0 radical (unpaired) electrons. The second kappa shape index (κ2) is 17.2. The van der Waals surface area contributed by atoms with Gasteiger partial charge in [0.05, 0.1) is 13.2 Å². The van der Waals surface area contributed by atoms with E-state index in [4.69, 9.17) is 9.47 Å². The number of unbranched alkanes of at least 4 members (excludes halogenated alkanes) is 10. The highest BCUT2D eigenvalue weighted by Gasteiger charge is 2.17. The van der Waals surface area contributed by atoms with Crippen LogP contribution in [0, 0.1) is 5.92 Å². The molecule has 0 unspecified atom stereocenters. The molecule has 0 rings (SSSR count). The minimum Gasteiger partial charge on any atom is -0.464 e. The van der Waals surface area contributed by atoms with E-state index in [0.717, 1.165) is 12.8 Å². The second-order valence-corrected chi connectivity index (χ2v) is 7.56. The van der Waals surface area contributed by atoms with Gasteiger partial charge in [-0.15, -0.1) is 0 Å². The van der Waals surface area contributed by atoms with Gasteiger partial charge in [0.2, 0.25) is 0 Å². The van der Waals surface area contributed by atoms with Gasteiger partial charge in [-0.2, -0.15) is 0 Å². The Bertz CT molecular complexity index is 358. The van der Waals surface area contributed by atoms with E-state index >= 15 is 0 Å². The highest BCUT2D eigenvalue weighted by molar-refractivity contribution is 5.80. The topological polar surface area (TPSA) is 64.6 Å². The van der Waals surface area contributed by atoms with E-state index in [2.05, 4.69) is 12.2 Å². The van der Waals surface area contributed by atoms with Gasteiger partial charge >= 0.3 is 12.1 Å². The molecule has 0 spiro atoms. The van der Waals surface area contributed by atoms with Crippen molar-refractivity contribution in [2.75, 3.05) is 13.2 Å². The van der Waals surface area contributed by atoms with Crippen LogP contribution in [0.1, 0.15) is 98.3 Å². The fourth-order valence-electron chi connectivity index (χ4n) is 2.58. The number of amides is 1. The van der Waals surface area contributed by atoms with Crippen LogP contribution in [0.5, 0.6) is 0 Å². The van der Waals surface area contributed by atoms with Crippen LogP contribution in [0.4, 0.5) is 4.79 Å². The van der Waals surface area contributed by atoms with E-state index in [1.165, 1.54) is 57.8 Å². The van der Waals surface area contributed by atoms with Crippen LogP contribution in [0.3, 0.4) is 0 Å². The van der Waals surface area contributed by atoms with Gasteiger partial charge in [-0.25, -0.2) is 9.59 Å². The van der Waals surface area contributed by atoms with Crippen LogP contribution in [0.2, 0.25) is 0 Å². The zero-order valence-corrected chi connectivity index (χ0v) is 17.5. The van der Waals surface area contributed by atoms with Gasteiger partial charge in [-0.3, -0.25) is 0 Å². The highest BCUT2D eigenvalue weighted by atomic mass is 16.6. The fraction of sp³-hybridized carbons (Fsp3) is 0.905. The first-order valence-corrected chi connectivity index (χ1v) is 10.6. The van der Waals surface area contributed by atoms with Crippen molar-refractivity contribution in [1.82, 2.24) is 5.32 Å². The minimum atomic E-state index is -0.678. The van der Waals surface area contributed by atoms with Crippen molar-refractivity contribution in [2.45, 2.75) is 104 Å². The third kappa shape index (κ3) is 16.2. The standard InChI is InChI=1S/C21H41NO4/c1-5-6-7-8-9-10-11-12-13-14-15-16-25-20(23)19(4)22-21(24)26-17-18(2)3/h18-19H,5-17H2,1-4H3,(H,22,24)/t19-/m0/s1. The van der Waals surface area contributed by atoms with Gasteiger partial charge in [0, 0.05) is 0 Å². The Labute approximate surface area is 160 Å². The summed E-state index contributed by atoms with van der Waals surface area (Å²) in [6.07, 6.45) is 13.3. The van der Waals surface area contributed by atoms with Gasteiger partial charge in [-0.1, -0.05) is 85.0 Å². The predicted molar refractivity (Wildman–Crippen MR) is 106 cm³/mol. The first-order chi connectivity index (χ1) is 12.5. The molecule has 0 aromatic heterocycles. The number of hydrogen-bond acceptors (Lipinski definition) is 4. The molecule has 154 valence electrons. The molecule has 0 fully saturated rings. The maximum atomic E-state index is 11.8. The second-order valence-electron chi connectivity index (χ2n) is 7.56. The molecule has 0 aliphatic carbocycles. The van der Waals surface area contributed by atoms with Crippen molar-refractivity contribution in [3.63, 3.8) is 0 Å². The van der Waals surface area contributed by atoms with Gasteiger partial charge in [0.25, 0.3) is 0 Å². The number of alkyl carbamates (subject to hydrolysis) is 1. The van der Waals surface area contributed by atoms with E-state index in [-0.39, 0.29) is 5.92 Å². The Kier molecular flexibility index (Phi) is 16.3. The lowest BCUT2D eigenvalue weighted by Crippen LogP contribution is -2.40. The third-order valence-electron chi connectivity index (χ3n) is 4.23. The highest BCUT2D eigenvalue weighted by Crippen LogP contribution is 2.11. The van der Waals surface area contributed by atoms with Crippen molar-refractivity contribution in [3.05, 3.63) is 0 Å². The quantitative estimate of drug-likeness (QED) is 0.283. The molecule has 0 aromatic carbocycles. The molecule has 1 N–H and O–H groups in total. The number of ether oxygens (including phenoxy) is 2. The van der Waals surface area contributed by atoms with Crippen molar-refractivity contribution in [2.24, 2.45) is 5.92 Å². The maximum Gasteiger partial charge on any atom is 0.407 e. The van der Waals surface area contributed by atoms with Crippen molar-refractivity contribution in [1.29, 1.82) is 0 Å². The van der Waals surface area contributed by atoms with Crippen LogP contribution in [0.15, 0.2) is 0 Å². The first-order valence-electron chi connectivity index (χ1n) is 10.6. The number of hydrogen-bond donors (Lipinski definition) is 1. The van der Waals surface area contributed by atoms with Gasteiger partial charge in [-0.05, 0) is 19.3 Å². The summed E-state index contributed by atoms with van der Waals surface area (Å²) in [7, 11) is 0. The van der Waals surface area contributed by atoms with Gasteiger partial charge in [0.15, 0.2) is 0 Å².